The number of carboxylic acid groups (broad SMARTS) is 1. The van der Waals surface area contributed by atoms with Gasteiger partial charge in [0.1, 0.15) is 4.32 Å². The molecular formula is C18H13Cl2NO3S2. The van der Waals surface area contributed by atoms with Crippen molar-refractivity contribution in [1.82, 2.24) is 4.90 Å². The molecule has 1 aliphatic heterocycles. The number of allylic oxidation sites excluding steroid dienone is 5. The Bertz CT molecular complexity index is 906. The lowest BCUT2D eigenvalue weighted by atomic mass is 10.0. The number of aliphatic carboxylic acids is 1. The first-order valence-electron chi connectivity index (χ1n) is 7.67. The van der Waals surface area contributed by atoms with Gasteiger partial charge < -0.3 is 5.11 Å². The second-order valence-corrected chi connectivity index (χ2v) is 8.23. The zero-order valence-electron chi connectivity index (χ0n) is 13.4. The molecule has 0 saturated carbocycles. The van der Waals surface area contributed by atoms with E-state index in [2.05, 4.69) is 0 Å². The van der Waals surface area contributed by atoms with E-state index < -0.39 is 5.97 Å². The van der Waals surface area contributed by atoms with E-state index in [0.717, 1.165) is 16.7 Å². The van der Waals surface area contributed by atoms with Crippen LogP contribution >= 0.6 is 47.2 Å². The van der Waals surface area contributed by atoms with Gasteiger partial charge in [-0.1, -0.05) is 65.4 Å². The van der Waals surface area contributed by atoms with Crippen molar-refractivity contribution < 1.29 is 14.7 Å². The summed E-state index contributed by atoms with van der Waals surface area (Å²) in [5, 5.41) is 9.94. The molecule has 1 amide bonds. The fourth-order valence-corrected chi connectivity index (χ4v) is 4.50. The van der Waals surface area contributed by atoms with Crippen molar-refractivity contribution in [2.75, 3.05) is 6.54 Å². The van der Waals surface area contributed by atoms with Crippen molar-refractivity contribution in [2.45, 2.75) is 12.8 Å². The smallest absolute Gasteiger partial charge is 0.305 e. The van der Waals surface area contributed by atoms with Gasteiger partial charge in [-0.25, -0.2) is 0 Å². The Morgan fingerprint density at radius 2 is 2.12 bits per heavy atom. The van der Waals surface area contributed by atoms with Crippen molar-refractivity contribution in [1.29, 1.82) is 0 Å². The second-order valence-electron chi connectivity index (χ2n) is 5.71. The van der Waals surface area contributed by atoms with Crippen LogP contribution in [-0.4, -0.2) is 32.7 Å². The average molecular weight is 426 g/mol. The molecule has 1 heterocycles. The summed E-state index contributed by atoms with van der Waals surface area (Å²) in [7, 11) is 0. The van der Waals surface area contributed by atoms with E-state index in [1.807, 2.05) is 18.2 Å². The normalized spacial score (nSPS) is 18.5. The number of benzene rings is 1. The highest BCUT2D eigenvalue weighted by Gasteiger charge is 2.32. The molecule has 4 nitrogen and oxygen atoms in total. The van der Waals surface area contributed by atoms with Crippen LogP contribution in [0, 0.1) is 0 Å². The van der Waals surface area contributed by atoms with Crippen LogP contribution in [0.25, 0.3) is 5.57 Å². The molecule has 1 fully saturated rings. The lowest BCUT2D eigenvalue weighted by Gasteiger charge is -2.12. The highest BCUT2D eigenvalue weighted by molar-refractivity contribution is 8.26. The van der Waals surface area contributed by atoms with Crippen LogP contribution < -0.4 is 0 Å². The lowest BCUT2D eigenvalue weighted by Crippen LogP contribution is -2.30. The molecule has 0 radical (unpaired) electrons. The van der Waals surface area contributed by atoms with Crippen LogP contribution in [0.1, 0.15) is 18.4 Å². The van der Waals surface area contributed by atoms with Gasteiger partial charge in [0.05, 0.1) is 11.3 Å². The number of thiocarbonyl (C=S) groups is 1. The van der Waals surface area contributed by atoms with Crippen LogP contribution in [-0.2, 0) is 9.59 Å². The minimum atomic E-state index is -0.963. The number of hydrogen-bond donors (Lipinski definition) is 1. The first kappa shape index (κ1) is 19.2. The molecule has 0 unspecified atom stereocenters. The highest BCUT2D eigenvalue weighted by Crippen LogP contribution is 2.37. The fraction of sp³-hybridized carbons (Fsp3) is 0.167. The van der Waals surface area contributed by atoms with Gasteiger partial charge >= 0.3 is 5.97 Å². The standard InChI is InChI=1S/C18H13Cl2NO3S2/c19-12-3-4-13(14(20)9-12)11-2-1-10(7-11)8-15-17(24)21(18(25)26-15)6-5-16(22)23/h1-4,8-9H,5-7H2,(H,22,23)/b15-8+. The molecule has 0 atom stereocenters. The van der Waals surface area contributed by atoms with Crippen molar-refractivity contribution in [3.63, 3.8) is 0 Å². The number of carboxylic acids is 1. The molecule has 1 aromatic rings. The Hall–Kier alpha value is -1.60. The van der Waals surface area contributed by atoms with Crippen molar-refractivity contribution in [3.05, 3.63) is 62.5 Å². The van der Waals surface area contributed by atoms with Crippen molar-refractivity contribution >= 4 is 69.0 Å². The summed E-state index contributed by atoms with van der Waals surface area (Å²) in [5.74, 6) is -1.21. The zero-order chi connectivity index (χ0) is 18.8. The monoisotopic (exact) mass is 425 g/mol. The summed E-state index contributed by atoms with van der Waals surface area (Å²) in [4.78, 5) is 25.0. The van der Waals surface area contributed by atoms with Gasteiger partial charge in [0.25, 0.3) is 5.91 Å². The zero-order valence-corrected chi connectivity index (χ0v) is 16.5. The first-order valence-corrected chi connectivity index (χ1v) is 9.65. The molecular weight excluding hydrogens is 413 g/mol. The van der Waals surface area contributed by atoms with E-state index in [9.17, 15) is 9.59 Å². The SMILES string of the molecule is O=C(O)CCN1C(=O)/C(=C\C2=CC=C(c3ccc(Cl)cc3Cl)C2)SC1=S. The van der Waals surface area contributed by atoms with E-state index in [1.165, 1.54) is 16.7 Å². The van der Waals surface area contributed by atoms with Crippen molar-refractivity contribution in [3.8, 4) is 0 Å². The minimum absolute atomic E-state index is 0.0836. The number of carbonyl (C=O) groups excluding carboxylic acids is 1. The molecule has 1 aliphatic carbocycles. The first-order chi connectivity index (χ1) is 12.3. The Morgan fingerprint density at radius 3 is 2.81 bits per heavy atom. The van der Waals surface area contributed by atoms with E-state index in [-0.39, 0.29) is 18.9 Å². The van der Waals surface area contributed by atoms with Gasteiger partial charge in [0.2, 0.25) is 0 Å². The maximum atomic E-state index is 12.4. The predicted molar refractivity (Wildman–Crippen MR) is 109 cm³/mol. The Labute approximate surface area is 170 Å². The number of rotatable bonds is 5. The van der Waals surface area contributed by atoms with Crippen LogP contribution in [0.5, 0.6) is 0 Å². The minimum Gasteiger partial charge on any atom is -0.481 e. The van der Waals surface area contributed by atoms with Crippen LogP contribution in [0.4, 0.5) is 0 Å². The third kappa shape index (κ3) is 4.20. The number of halogens is 2. The number of nitrogens with zero attached hydrogens (tertiary/aromatic N) is 1. The number of hydrogen-bond acceptors (Lipinski definition) is 4. The maximum Gasteiger partial charge on any atom is 0.305 e. The quantitative estimate of drug-likeness (QED) is 0.535. The summed E-state index contributed by atoms with van der Waals surface area (Å²) >= 11 is 18.6. The molecule has 3 rings (SSSR count). The van der Waals surface area contributed by atoms with Gasteiger partial charge in [-0.3, -0.25) is 14.5 Å². The Balaban J connectivity index is 1.70. The molecule has 0 aromatic heterocycles. The van der Waals surface area contributed by atoms with E-state index >= 15 is 0 Å². The lowest BCUT2D eigenvalue weighted by molar-refractivity contribution is -0.137. The van der Waals surface area contributed by atoms with E-state index in [1.54, 1.807) is 18.2 Å². The number of thioether (sulfide) groups is 1. The Kier molecular flexibility index (Phi) is 5.87. The summed E-state index contributed by atoms with van der Waals surface area (Å²) in [6.45, 7) is 0.0836. The van der Waals surface area contributed by atoms with E-state index in [0.29, 0.717) is 25.7 Å². The van der Waals surface area contributed by atoms with Gasteiger partial charge in [0.15, 0.2) is 0 Å². The van der Waals surface area contributed by atoms with Gasteiger partial charge in [-0.2, -0.15) is 0 Å². The molecule has 0 spiro atoms. The molecule has 134 valence electrons. The molecule has 1 saturated heterocycles. The summed E-state index contributed by atoms with van der Waals surface area (Å²) in [5.41, 5.74) is 2.91. The topological polar surface area (TPSA) is 57.6 Å². The number of carbonyl (C=O) groups is 2. The molecule has 1 N–H and O–H groups in total. The number of amides is 1. The largest absolute Gasteiger partial charge is 0.481 e. The Morgan fingerprint density at radius 1 is 1.35 bits per heavy atom. The predicted octanol–water partition coefficient (Wildman–Crippen LogP) is 4.93. The van der Waals surface area contributed by atoms with Crippen molar-refractivity contribution in [2.24, 2.45) is 0 Å². The fourth-order valence-electron chi connectivity index (χ4n) is 2.65. The third-order valence-corrected chi connectivity index (χ3v) is 5.84. The molecule has 2 aliphatic rings. The van der Waals surface area contributed by atoms with E-state index in [4.69, 9.17) is 40.5 Å². The summed E-state index contributed by atoms with van der Waals surface area (Å²) in [6.07, 6.45) is 6.20. The summed E-state index contributed by atoms with van der Waals surface area (Å²) in [6, 6.07) is 5.36. The highest BCUT2D eigenvalue weighted by atomic mass is 35.5. The van der Waals surface area contributed by atoms with Gasteiger partial charge in [-0.15, -0.1) is 0 Å². The van der Waals surface area contributed by atoms with Crippen LogP contribution in [0.15, 0.2) is 46.9 Å². The van der Waals surface area contributed by atoms with Crippen LogP contribution in [0.2, 0.25) is 10.0 Å². The third-order valence-electron chi connectivity index (χ3n) is 3.91. The van der Waals surface area contributed by atoms with Crippen LogP contribution in [0.3, 0.4) is 0 Å². The maximum absolute atomic E-state index is 12.4. The molecule has 8 heteroatoms. The average Bonchev–Trinajstić information content (AvgIpc) is 3.11. The molecule has 1 aromatic carbocycles. The summed E-state index contributed by atoms with van der Waals surface area (Å²) < 4.78 is 0.384. The van der Waals surface area contributed by atoms with Gasteiger partial charge in [-0.05, 0) is 41.3 Å². The molecule has 26 heavy (non-hydrogen) atoms. The van der Waals surface area contributed by atoms with Gasteiger partial charge in [0, 0.05) is 16.6 Å². The molecule has 0 bridgehead atoms. The second kappa shape index (κ2) is 7.96.